The molecule has 0 radical (unpaired) electrons. The first-order valence-corrected chi connectivity index (χ1v) is 8.55. The average molecular weight is 307 g/mol. The molecular weight excluding hydrogens is 281 g/mol. The lowest BCUT2D eigenvalue weighted by Crippen LogP contribution is -2.44. The monoisotopic (exact) mass is 307 g/mol. The van der Waals surface area contributed by atoms with Crippen LogP contribution in [-0.2, 0) is 6.42 Å². The van der Waals surface area contributed by atoms with E-state index in [1.807, 2.05) is 6.92 Å². The maximum Gasteiger partial charge on any atom is 0.187 e. The van der Waals surface area contributed by atoms with Crippen LogP contribution in [0.3, 0.4) is 0 Å². The Hall–Kier alpha value is -1.23. The second-order valence-electron chi connectivity index (χ2n) is 6.86. The van der Waals surface area contributed by atoms with Crippen molar-refractivity contribution < 1.29 is 9.50 Å². The van der Waals surface area contributed by atoms with E-state index in [1.165, 1.54) is 6.33 Å². The molecule has 0 amide bonds. The van der Waals surface area contributed by atoms with E-state index in [4.69, 9.17) is 0 Å². The Morgan fingerprint density at radius 2 is 2.14 bits per heavy atom. The van der Waals surface area contributed by atoms with E-state index in [2.05, 4.69) is 21.8 Å². The van der Waals surface area contributed by atoms with Crippen LogP contribution >= 0.6 is 0 Å². The predicted octanol–water partition coefficient (Wildman–Crippen LogP) is 2.94. The normalized spacial score (nSPS) is 32.5. The van der Waals surface area contributed by atoms with E-state index < -0.39 is 0 Å². The molecule has 2 aliphatic rings. The maximum absolute atomic E-state index is 14.6. The van der Waals surface area contributed by atoms with E-state index in [-0.39, 0.29) is 23.9 Å². The molecule has 5 heteroatoms. The van der Waals surface area contributed by atoms with Crippen molar-refractivity contribution in [3.8, 4) is 0 Å². The number of aliphatic hydroxyl groups excluding tert-OH is 1. The summed E-state index contributed by atoms with van der Waals surface area (Å²) in [5.41, 5.74) is 0.480. The number of hydrogen-bond acceptors (Lipinski definition) is 4. The van der Waals surface area contributed by atoms with Crippen molar-refractivity contribution in [2.75, 3.05) is 11.4 Å². The molecule has 122 valence electrons. The highest BCUT2D eigenvalue weighted by Gasteiger charge is 2.40. The van der Waals surface area contributed by atoms with Gasteiger partial charge in [-0.1, -0.05) is 13.8 Å². The minimum Gasteiger partial charge on any atom is -0.393 e. The Morgan fingerprint density at radius 3 is 2.91 bits per heavy atom. The molecule has 2 heterocycles. The van der Waals surface area contributed by atoms with Crippen LogP contribution in [0, 0.1) is 17.7 Å². The fourth-order valence-corrected chi connectivity index (χ4v) is 4.17. The van der Waals surface area contributed by atoms with E-state index >= 15 is 0 Å². The second-order valence-corrected chi connectivity index (χ2v) is 6.86. The number of halogens is 1. The van der Waals surface area contributed by atoms with E-state index in [9.17, 15) is 9.50 Å². The van der Waals surface area contributed by atoms with Gasteiger partial charge in [-0.25, -0.2) is 14.4 Å². The van der Waals surface area contributed by atoms with Crippen molar-refractivity contribution in [2.24, 2.45) is 11.8 Å². The van der Waals surface area contributed by atoms with Crippen molar-refractivity contribution in [1.29, 1.82) is 0 Å². The van der Waals surface area contributed by atoms with Crippen LogP contribution in [-0.4, -0.2) is 33.8 Å². The Bertz CT molecular complexity index is 525. The van der Waals surface area contributed by atoms with Crippen LogP contribution in [0.1, 0.15) is 51.6 Å². The van der Waals surface area contributed by atoms with Crippen LogP contribution in [0.2, 0.25) is 0 Å². The van der Waals surface area contributed by atoms with Crippen molar-refractivity contribution in [2.45, 2.75) is 64.5 Å². The SMILES string of the molecule is CCc1ncnc(N2CCCC2C2CC(C)CCC2O)c1F. The third-order valence-electron chi connectivity index (χ3n) is 5.37. The van der Waals surface area contributed by atoms with Gasteiger partial charge in [0.15, 0.2) is 11.6 Å². The third-order valence-corrected chi connectivity index (χ3v) is 5.37. The van der Waals surface area contributed by atoms with Crippen LogP contribution in [0.4, 0.5) is 10.2 Å². The summed E-state index contributed by atoms with van der Waals surface area (Å²) in [6.45, 7) is 4.97. The summed E-state index contributed by atoms with van der Waals surface area (Å²) >= 11 is 0. The third kappa shape index (κ3) is 2.83. The van der Waals surface area contributed by atoms with Crippen molar-refractivity contribution in [3.05, 3.63) is 17.8 Å². The Labute approximate surface area is 131 Å². The topological polar surface area (TPSA) is 49.2 Å². The number of hydrogen-bond donors (Lipinski definition) is 1. The molecule has 0 spiro atoms. The first kappa shape index (κ1) is 15.7. The summed E-state index contributed by atoms with van der Waals surface area (Å²) in [6, 6.07) is 0.201. The number of aliphatic hydroxyl groups is 1. The van der Waals surface area contributed by atoms with Crippen LogP contribution in [0.25, 0.3) is 0 Å². The Kier molecular flexibility index (Phi) is 4.62. The lowest BCUT2D eigenvalue weighted by Gasteiger charge is -2.39. The molecule has 22 heavy (non-hydrogen) atoms. The zero-order valence-electron chi connectivity index (χ0n) is 13.5. The molecule has 4 unspecified atom stereocenters. The molecule has 4 atom stereocenters. The quantitative estimate of drug-likeness (QED) is 0.933. The summed E-state index contributed by atoms with van der Waals surface area (Å²) in [5.74, 6) is 1.01. The zero-order valence-corrected chi connectivity index (χ0v) is 13.5. The molecule has 1 saturated heterocycles. The van der Waals surface area contributed by atoms with Gasteiger partial charge in [0.25, 0.3) is 0 Å². The summed E-state index contributed by atoms with van der Waals surface area (Å²) in [6.07, 6.45) is 6.80. The van der Waals surface area contributed by atoms with Gasteiger partial charge in [0.05, 0.1) is 11.8 Å². The van der Waals surface area contributed by atoms with Gasteiger partial charge in [0, 0.05) is 18.5 Å². The smallest absolute Gasteiger partial charge is 0.187 e. The molecule has 1 saturated carbocycles. The van der Waals surface area contributed by atoms with Crippen LogP contribution < -0.4 is 4.90 Å². The van der Waals surface area contributed by atoms with Gasteiger partial charge < -0.3 is 10.0 Å². The van der Waals surface area contributed by atoms with Gasteiger partial charge >= 0.3 is 0 Å². The molecule has 3 rings (SSSR count). The van der Waals surface area contributed by atoms with E-state index in [0.29, 0.717) is 23.9 Å². The molecule has 1 aromatic rings. The summed E-state index contributed by atoms with van der Waals surface area (Å²) in [7, 11) is 0. The number of aryl methyl sites for hydroxylation is 1. The Morgan fingerprint density at radius 1 is 1.32 bits per heavy atom. The summed E-state index contributed by atoms with van der Waals surface area (Å²) < 4.78 is 14.6. The highest BCUT2D eigenvalue weighted by molar-refractivity contribution is 5.44. The van der Waals surface area contributed by atoms with Gasteiger partial charge in [-0.15, -0.1) is 0 Å². The number of aromatic nitrogens is 2. The molecule has 1 N–H and O–H groups in total. The predicted molar refractivity (Wildman–Crippen MR) is 84.2 cm³/mol. The summed E-state index contributed by atoms with van der Waals surface area (Å²) in [4.78, 5) is 10.3. The fraction of sp³-hybridized carbons (Fsp3) is 0.765. The minimum absolute atomic E-state index is 0.201. The molecule has 0 bridgehead atoms. The first-order chi connectivity index (χ1) is 10.6. The van der Waals surface area contributed by atoms with Gasteiger partial charge in [-0.05, 0) is 44.4 Å². The van der Waals surface area contributed by atoms with Gasteiger partial charge in [0.2, 0.25) is 0 Å². The molecular formula is C17H26FN3O. The molecule has 0 aromatic carbocycles. The molecule has 1 aromatic heterocycles. The second kappa shape index (κ2) is 6.49. The summed E-state index contributed by atoms with van der Waals surface area (Å²) in [5, 5.41) is 10.4. The van der Waals surface area contributed by atoms with Gasteiger partial charge in [-0.3, -0.25) is 0 Å². The molecule has 1 aliphatic carbocycles. The van der Waals surface area contributed by atoms with Gasteiger partial charge in [0.1, 0.15) is 6.33 Å². The van der Waals surface area contributed by atoms with Gasteiger partial charge in [-0.2, -0.15) is 0 Å². The maximum atomic E-state index is 14.6. The van der Waals surface area contributed by atoms with Crippen molar-refractivity contribution >= 4 is 5.82 Å². The van der Waals surface area contributed by atoms with E-state index in [0.717, 1.165) is 38.6 Å². The zero-order chi connectivity index (χ0) is 15.7. The van der Waals surface area contributed by atoms with Crippen LogP contribution in [0.15, 0.2) is 6.33 Å². The number of anilines is 1. The number of nitrogens with zero attached hydrogens (tertiary/aromatic N) is 3. The average Bonchev–Trinajstić information content (AvgIpc) is 2.99. The lowest BCUT2D eigenvalue weighted by atomic mass is 9.76. The molecule has 2 fully saturated rings. The first-order valence-electron chi connectivity index (χ1n) is 8.55. The van der Waals surface area contributed by atoms with Crippen LogP contribution in [0.5, 0.6) is 0 Å². The minimum atomic E-state index is -0.282. The standard InChI is InChI=1S/C17H26FN3O/c1-3-13-16(18)17(20-10-19-13)21-8-4-5-14(21)12-9-11(2)6-7-15(12)22/h10-12,14-15,22H,3-9H2,1-2H3. The highest BCUT2D eigenvalue weighted by Crippen LogP contribution is 2.39. The fourth-order valence-electron chi connectivity index (χ4n) is 4.17. The molecule has 1 aliphatic heterocycles. The lowest BCUT2D eigenvalue weighted by molar-refractivity contribution is 0.0389. The molecule has 4 nitrogen and oxygen atoms in total. The van der Waals surface area contributed by atoms with Crippen molar-refractivity contribution in [1.82, 2.24) is 9.97 Å². The largest absolute Gasteiger partial charge is 0.393 e. The van der Waals surface area contributed by atoms with E-state index in [1.54, 1.807) is 0 Å². The Balaban J connectivity index is 1.87. The number of rotatable bonds is 3. The highest BCUT2D eigenvalue weighted by atomic mass is 19.1. The van der Waals surface area contributed by atoms with Crippen molar-refractivity contribution in [3.63, 3.8) is 0 Å².